The van der Waals surface area contributed by atoms with E-state index < -0.39 is 6.03 Å². The zero-order valence-corrected chi connectivity index (χ0v) is 20.7. The number of anilines is 2. The van der Waals surface area contributed by atoms with Gasteiger partial charge in [0.1, 0.15) is 17.6 Å². The van der Waals surface area contributed by atoms with Gasteiger partial charge in [0.05, 0.1) is 24.4 Å². The van der Waals surface area contributed by atoms with Crippen LogP contribution in [0.25, 0.3) is 0 Å². The first kappa shape index (κ1) is 26.7. The average Bonchev–Trinajstić information content (AvgIpc) is 2.85. The van der Waals surface area contributed by atoms with Gasteiger partial charge in [-0.25, -0.2) is 9.78 Å². The van der Waals surface area contributed by atoms with Crippen molar-refractivity contribution in [1.82, 2.24) is 20.1 Å². The van der Waals surface area contributed by atoms with E-state index in [0.717, 1.165) is 0 Å². The highest BCUT2D eigenvalue weighted by Gasteiger charge is 2.20. The minimum absolute atomic E-state index is 0.0575. The molecular weight excluding hydrogens is 486 g/mol. The van der Waals surface area contributed by atoms with Crippen LogP contribution >= 0.6 is 11.6 Å². The number of rotatable bonds is 9. The maximum Gasteiger partial charge on any atom is 0.324 e. The molecule has 4 amide bonds. The molecule has 2 heterocycles. The van der Waals surface area contributed by atoms with E-state index >= 15 is 0 Å². The molecule has 3 N–H and O–H groups in total. The smallest absolute Gasteiger partial charge is 0.324 e. The summed E-state index contributed by atoms with van der Waals surface area (Å²) in [7, 11) is 0. The van der Waals surface area contributed by atoms with Crippen molar-refractivity contribution in [3.63, 3.8) is 0 Å². The van der Waals surface area contributed by atoms with Gasteiger partial charge in [0.15, 0.2) is 0 Å². The maximum absolute atomic E-state index is 12.4. The minimum atomic E-state index is -0.546. The Morgan fingerprint density at radius 2 is 1.92 bits per heavy atom. The summed E-state index contributed by atoms with van der Waals surface area (Å²) in [5.74, 6) is 0.694. The Morgan fingerprint density at radius 3 is 2.58 bits per heavy atom. The lowest BCUT2D eigenvalue weighted by Gasteiger charge is -2.33. The van der Waals surface area contributed by atoms with Crippen LogP contribution in [-0.4, -0.2) is 78.5 Å². The van der Waals surface area contributed by atoms with Crippen molar-refractivity contribution in [2.24, 2.45) is 0 Å². The lowest BCUT2D eigenvalue weighted by atomic mass is 10.3. The summed E-state index contributed by atoms with van der Waals surface area (Å²) in [6.07, 6.45) is 1.92. The number of halogens is 1. The largest absolute Gasteiger partial charge is 0.491 e. The molecule has 0 spiro atoms. The molecule has 2 aromatic rings. The number of hydrogen-bond donors (Lipinski definition) is 3. The quantitative estimate of drug-likeness (QED) is 0.437. The number of piperazine rings is 1. The molecule has 12 heteroatoms. The third kappa shape index (κ3) is 8.41. The van der Waals surface area contributed by atoms with Crippen molar-refractivity contribution in [3.8, 4) is 11.8 Å². The number of benzene rings is 1. The van der Waals surface area contributed by atoms with Crippen molar-refractivity contribution in [1.29, 1.82) is 5.26 Å². The van der Waals surface area contributed by atoms with Gasteiger partial charge in [0, 0.05) is 50.9 Å². The number of nitriles is 1. The van der Waals surface area contributed by atoms with Crippen LogP contribution in [0.5, 0.6) is 5.75 Å². The first-order chi connectivity index (χ1) is 17.3. The van der Waals surface area contributed by atoms with E-state index in [1.165, 1.54) is 12.3 Å². The summed E-state index contributed by atoms with van der Waals surface area (Å²) in [5, 5.41) is 17.4. The molecule has 11 nitrogen and oxygen atoms in total. The molecule has 1 aliphatic heterocycles. The van der Waals surface area contributed by atoms with Gasteiger partial charge in [0.2, 0.25) is 11.8 Å². The lowest BCUT2D eigenvalue weighted by Crippen LogP contribution is -2.50. The highest BCUT2D eigenvalue weighted by molar-refractivity contribution is 6.31. The molecule has 1 aliphatic rings. The van der Waals surface area contributed by atoms with Gasteiger partial charge in [0.25, 0.3) is 0 Å². The highest BCUT2D eigenvalue weighted by Crippen LogP contribution is 2.28. The number of amides is 4. The summed E-state index contributed by atoms with van der Waals surface area (Å²) >= 11 is 6.07. The van der Waals surface area contributed by atoms with Gasteiger partial charge in [-0.05, 0) is 36.8 Å². The Hall–Kier alpha value is -3.88. The number of ether oxygens (including phenoxy) is 1. The van der Waals surface area contributed by atoms with Gasteiger partial charge in [-0.15, -0.1) is 0 Å². The number of aromatic nitrogens is 1. The van der Waals surface area contributed by atoms with Crippen molar-refractivity contribution in [2.45, 2.75) is 13.3 Å². The van der Waals surface area contributed by atoms with E-state index in [0.29, 0.717) is 74.3 Å². The van der Waals surface area contributed by atoms with Gasteiger partial charge in [-0.3, -0.25) is 19.8 Å². The molecule has 0 bridgehead atoms. The van der Waals surface area contributed by atoms with Gasteiger partial charge < -0.3 is 20.3 Å². The van der Waals surface area contributed by atoms with E-state index in [-0.39, 0.29) is 17.6 Å². The molecule has 3 rings (SSSR count). The van der Waals surface area contributed by atoms with Crippen LogP contribution < -0.4 is 20.7 Å². The average molecular weight is 514 g/mol. The Morgan fingerprint density at radius 1 is 1.14 bits per heavy atom. The fourth-order valence-corrected chi connectivity index (χ4v) is 3.66. The predicted molar refractivity (Wildman–Crippen MR) is 135 cm³/mol. The molecule has 1 aromatic carbocycles. The summed E-state index contributed by atoms with van der Waals surface area (Å²) in [4.78, 5) is 43.8. The van der Waals surface area contributed by atoms with E-state index in [4.69, 9.17) is 21.6 Å². The van der Waals surface area contributed by atoms with Crippen molar-refractivity contribution in [2.75, 3.05) is 56.5 Å². The molecule has 0 atom stereocenters. The molecule has 0 radical (unpaired) electrons. The van der Waals surface area contributed by atoms with E-state index in [9.17, 15) is 14.4 Å². The maximum atomic E-state index is 12.4. The Bertz CT molecular complexity index is 1110. The van der Waals surface area contributed by atoms with Crippen LogP contribution in [0, 0.1) is 11.3 Å². The van der Waals surface area contributed by atoms with Gasteiger partial charge in [-0.2, -0.15) is 5.26 Å². The first-order valence-corrected chi connectivity index (χ1v) is 11.8. The Balaban J connectivity index is 1.40. The normalized spacial score (nSPS) is 13.4. The second-order valence-electron chi connectivity index (χ2n) is 8.10. The fourth-order valence-electron chi connectivity index (χ4n) is 3.49. The SMILES string of the molecule is CC(=O)N1CCN(CC(=O)NCCCOc2ccc(Cl)cc2NC(=O)Nc2ccc(C#N)cn2)CC1. The second kappa shape index (κ2) is 13.3. The van der Waals surface area contributed by atoms with Crippen LogP contribution in [0.3, 0.4) is 0 Å². The number of carbonyl (C=O) groups excluding carboxylic acids is 3. The Labute approximate surface area is 214 Å². The number of nitrogens with zero attached hydrogens (tertiary/aromatic N) is 4. The number of hydrogen-bond acceptors (Lipinski definition) is 7. The number of nitrogens with one attached hydrogen (secondary N) is 3. The van der Waals surface area contributed by atoms with E-state index in [1.54, 1.807) is 36.1 Å². The summed E-state index contributed by atoms with van der Waals surface area (Å²) in [6, 6.07) is 9.35. The fraction of sp³-hybridized carbons (Fsp3) is 0.375. The summed E-state index contributed by atoms with van der Waals surface area (Å²) in [5.41, 5.74) is 0.762. The van der Waals surface area contributed by atoms with E-state index in [2.05, 4.69) is 20.9 Å². The number of carbonyl (C=O) groups is 3. The first-order valence-electron chi connectivity index (χ1n) is 11.4. The molecule has 1 saturated heterocycles. The van der Waals surface area contributed by atoms with Crippen LogP contribution in [0.15, 0.2) is 36.5 Å². The van der Waals surface area contributed by atoms with Crippen molar-refractivity contribution in [3.05, 3.63) is 47.1 Å². The highest BCUT2D eigenvalue weighted by atomic mass is 35.5. The lowest BCUT2D eigenvalue weighted by molar-refractivity contribution is -0.131. The van der Waals surface area contributed by atoms with Gasteiger partial charge in [-0.1, -0.05) is 11.6 Å². The minimum Gasteiger partial charge on any atom is -0.491 e. The molecular formula is C24H28ClN7O4. The third-order valence-electron chi connectivity index (χ3n) is 5.41. The molecule has 36 heavy (non-hydrogen) atoms. The van der Waals surface area contributed by atoms with Crippen LogP contribution in [0.2, 0.25) is 5.02 Å². The van der Waals surface area contributed by atoms with Crippen LogP contribution in [0.4, 0.5) is 16.3 Å². The van der Waals surface area contributed by atoms with E-state index in [1.807, 2.05) is 11.0 Å². The topological polar surface area (TPSA) is 140 Å². The summed E-state index contributed by atoms with van der Waals surface area (Å²) < 4.78 is 5.79. The third-order valence-corrected chi connectivity index (χ3v) is 5.64. The molecule has 0 unspecified atom stereocenters. The second-order valence-corrected chi connectivity index (χ2v) is 8.53. The van der Waals surface area contributed by atoms with Crippen molar-refractivity contribution >= 4 is 41.0 Å². The van der Waals surface area contributed by atoms with Crippen LogP contribution in [0.1, 0.15) is 18.9 Å². The Kier molecular flexibility index (Phi) is 9.85. The van der Waals surface area contributed by atoms with Crippen molar-refractivity contribution < 1.29 is 19.1 Å². The summed E-state index contributed by atoms with van der Waals surface area (Å²) in [6.45, 7) is 5.22. The molecule has 1 fully saturated rings. The monoisotopic (exact) mass is 513 g/mol. The van der Waals surface area contributed by atoms with Gasteiger partial charge >= 0.3 is 6.03 Å². The number of pyridine rings is 1. The zero-order valence-electron chi connectivity index (χ0n) is 19.9. The number of urea groups is 1. The zero-order chi connectivity index (χ0) is 25.9. The molecule has 0 saturated carbocycles. The standard InChI is InChI=1S/C24H28ClN7O4/c1-17(33)32-10-8-31(9-11-32)16-23(34)27-7-2-12-36-21-5-4-19(25)13-20(21)29-24(35)30-22-6-3-18(14-26)15-28-22/h3-6,13,15H,2,7-12,16H2,1H3,(H,27,34)(H2,28,29,30,35). The molecule has 0 aliphatic carbocycles. The predicted octanol–water partition coefficient (Wildman–Crippen LogP) is 2.30. The molecule has 190 valence electrons. The molecule has 1 aromatic heterocycles. The van der Waals surface area contributed by atoms with Crippen LogP contribution in [-0.2, 0) is 9.59 Å².